The van der Waals surface area contributed by atoms with E-state index in [1.807, 2.05) is 0 Å². The van der Waals surface area contributed by atoms with Gasteiger partial charge in [0, 0.05) is 18.5 Å². The predicted molar refractivity (Wildman–Crippen MR) is 93.9 cm³/mol. The van der Waals surface area contributed by atoms with E-state index in [2.05, 4.69) is 75.3 Å². The number of hydrogen-bond acceptors (Lipinski definition) is 2. The van der Waals surface area contributed by atoms with Crippen LogP contribution in [0, 0.1) is 5.92 Å². The summed E-state index contributed by atoms with van der Waals surface area (Å²) in [6, 6.07) is 11.0. The molecule has 1 unspecified atom stereocenters. The molecule has 0 spiro atoms. The summed E-state index contributed by atoms with van der Waals surface area (Å²) >= 11 is 0. The van der Waals surface area contributed by atoms with Crippen LogP contribution >= 0.6 is 0 Å². The van der Waals surface area contributed by atoms with E-state index in [9.17, 15) is 0 Å². The van der Waals surface area contributed by atoms with E-state index in [1.54, 1.807) is 0 Å². The van der Waals surface area contributed by atoms with Crippen LogP contribution in [0.3, 0.4) is 0 Å². The molecule has 0 bridgehead atoms. The van der Waals surface area contributed by atoms with Crippen LogP contribution in [0.25, 0.3) is 0 Å². The van der Waals surface area contributed by atoms with Gasteiger partial charge < -0.3 is 10.2 Å². The molecule has 0 aromatic heterocycles. The van der Waals surface area contributed by atoms with Gasteiger partial charge >= 0.3 is 0 Å². The summed E-state index contributed by atoms with van der Waals surface area (Å²) in [6.07, 6.45) is 2.54. The predicted octanol–water partition coefficient (Wildman–Crippen LogP) is 3.92. The molecule has 1 rings (SSSR count). The lowest BCUT2D eigenvalue weighted by molar-refractivity contribution is 0.245. The van der Waals surface area contributed by atoms with Crippen molar-refractivity contribution >= 4 is 0 Å². The molecule has 0 saturated heterocycles. The highest BCUT2D eigenvalue weighted by atomic mass is 15.1. The zero-order valence-electron chi connectivity index (χ0n) is 14.7. The monoisotopic (exact) mass is 290 g/mol. The van der Waals surface area contributed by atoms with Crippen LogP contribution in [0.1, 0.15) is 46.1 Å². The second kappa shape index (κ2) is 9.22. The maximum atomic E-state index is 3.66. The third-order valence-corrected chi connectivity index (χ3v) is 4.05. The summed E-state index contributed by atoms with van der Waals surface area (Å²) in [5.41, 5.74) is 1.60. The third kappa shape index (κ3) is 6.62. The fourth-order valence-corrected chi connectivity index (χ4v) is 2.83. The molecule has 120 valence electrons. The Morgan fingerprint density at radius 3 is 2.43 bits per heavy atom. The Morgan fingerprint density at radius 1 is 1.19 bits per heavy atom. The topological polar surface area (TPSA) is 15.3 Å². The normalized spacial score (nSPS) is 14.6. The summed E-state index contributed by atoms with van der Waals surface area (Å²) in [5, 5.41) is 3.66. The second-order valence-corrected chi connectivity index (χ2v) is 7.04. The van der Waals surface area contributed by atoms with Gasteiger partial charge in [-0.05, 0) is 38.0 Å². The molecule has 0 fully saturated rings. The first-order valence-corrected chi connectivity index (χ1v) is 8.42. The van der Waals surface area contributed by atoms with Gasteiger partial charge in [-0.1, -0.05) is 64.4 Å². The molecular formula is C19H34N2. The SMILES string of the molecule is CCCCN(C)CC(C)(CNCC(C)C)c1ccccc1. The maximum absolute atomic E-state index is 3.66. The van der Waals surface area contributed by atoms with Gasteiger partial charge in [0.05, 0.1) is 0 Å². The highest BCUT2D eigenvalue weighted by molar-refractivity contribution is 5.25. The van der Waals surface area contributed by atoms with Crippen molar-refractivity contribution in [1.82, 2.24) is 10.2 Å². The second-order valence-electron chi connectivity index (χ2n) is 7.04. The van der Waals surface area contributed by atoms with Gasteiger partial charge in [0.15, 0.2) is 0 Å². The minimum atomic E-state index is 0.165. The van der Waals surface area contributed by atoms with E-state index >= 15 is 0 Å². The van der Waals surface area contributed by atoms with Crippen LogP contribution in [0.2, 0.25) is 0 Å². The zero-order valence-corrected chi connectivity index (χ0v) is 14.7. The molecule has 0 aliphatic carbocycles. The first-order chi connectivity index (χ1) is 9.98. The summed E-state index contributed by atoms with van der Waals surface area (Å²) in [4.78, 5) is 2.48. The van der Waals surface area contributed by atoms with Crippen LogP contribution in [0.5, 0.6) is 0 Å². The average Bonchev–Trinajstić information content (AvgIpc) is 2.45. The molecule has 0 aliphatic rings. The van der Waals surface area contributed by atoms with E-state index in [-0.39, 0.29) is 5.41 Å². The summed E-state index contributed by atoms with van der Waals surface area (Å²) in [5.74, 6) is 0.697. The Bertz CT molecular complexity index is 374. The Labute approximate surface area is 131 Å². The van der Waals surface area contributed by atoms with Gasteiger partial charge in [-0.2, -0.15) is 0 Å². The van der Waals surface area contributed by atoms with Gasteiger partial charge in [0.2, 0.25) is 0 Å². The van der Waals surface area contributed by atoms with Crippen molar-refractivity contribution < 1.29 is 0 Å². The van der Waals surface area contributed by atoms with Gasteiger partial charge in [-0.25, -0.2) is 0 Å². The molecule has 2 nitrogen and oxygen atoms in total. The van der Waals surface area contributed by atoms with Crippen molar-refractivity contribution in [2.24, 2.45) is 5.92 Å². The van der Waals surface area contributed by atoms with Crippen molar-refractivity contribution in [2.75, 3.05) is 33.2 Å². The fraction of sp³-hybridized carbons (Fsp3) is 0.684. The first-order valence-electron chi connectivity index (χ1n) is 8.42. The molecule has 0 saturated carbocycles. The van der Waals surface area contributed by atoms with Gasteiger partial charge in [-0.15, -0.1) is 0 Å². The number of hydrogen-bond donors (Lipinski definition) is 1. The van der Waals surface area contributed by atoms with E-state index in [0.29, 0.717) is 5.92 Å². The summed E-state index contributed by atoms with van der Waals surface area (Å²) < 4.78 is 0. The Hall–Kier alpha value is -0.860. The number of likely N-dealkylation sites (N-methyl/N-ethyl adjacent to an activating group) is 1. The molecule has 1 atom stereocenters. The quantitative estimate of drug-likeness (QED) is 0.702. The van der Waals surface area contributed by atoms with E-state index in [1.165, 1.54) is 24.9 Å². The average molecular weight is 290 g/mol. The number of unbranched alkanes of at least 4 members (excludes halogenated alkanes) is 1. The molecule has 0 heterocycles. The maximum Gasteiger partial charge on any atom is 0.0176 e. The lowest BCUT2D eigenvalue weighted by Gasteiger charge is -2.35. The van der Waals surface area contributed by atoms with E-state index < -0.39 is 0 Å². The van der Waals surface area contributed by atoms with E-state index in [4.69, 9.17) is 0 Å². The van der Waals surface area contributed by atoms with E-state index in [0.717, 1.165) is 19.6 Å². The first kappa shape index (κ1) is 18.2. The molecule has 0 amide bonds. The standard InChI is InChI=1S/C19H34N2/c1-6-7-13-21(5)16-19(4,15-20-14-17(2)3)18-11-9-8-10-12-18/h8-12,17,20H,6-7,13-16H2,1-5H3. The molecular weight excluding hydrogens is 256 g/mol. The zero-order chi connectivity index (χ0) is 15.7. The molecule has 0 aliphatic heterocycles. The van der Waals surface area contributed by atoms with Gasteiger partial charge in [0.1, 0.15) is 0 Å². The van der Waals surface area contributed by atoms with Crippen molar-refractivity contribution in [1.29, 1.82) is 0 Å². The number of nitrogens with one attached hydrogen (secondary N) is 1. The Balaban J connectivity index is 2.73. The van der Waals surface area contributed by atoms with Crippen molar-refractivity contribution in [3.8, 4) is 0 Å². The smallest absolute Gasteiger partial charge is 0.0176 e. The highest BCUT2D eigenvalue weighted by Crippen LogP contribution is 2.24. The fourth-order valence-electron chi connectivity index (χ4n) is 2.83. The lowest BCUT2D eigenvalue weighted by atomic mass is 9.81. The van der Waals surface area contributed by atoms with Gasteiger partial charge in [0.25, 0.3) is 0 Å². The Morgan fingerprint density at radius 2 is 1.86 bits per heavy atom. The lowest BCUT2D eigenvalue weighted by Crippen LogP contribution is -2.45. The molecule has 2 heteroatoms. The molecule has 1 N–H and O–H groups in total. The summed E-state index contributed by atoms with van der Waals surface area (Å²) in [6.45, 7) is 13.6. The minimum Gasteiger partial charge on any atom is -0.316 e. The molecule has 0 radical (unpaired) electrons. The third-order valence-electron chi connectivity index (χ3n) is 4.05. The Kier molecular flexibility index (Phi) is 7.98. The van der Waals surface area contributed by atoms with Gasteiger partial charge in [-0.3, -0.25) is 0 Å². The number of benzene rings is 1. The van der Waals surface area contributed by atoms with Crippen LogP contribution in [-0.4, -0.2) is 38.1 Å². The molecule has 1 aromatic rings. The van der Waals surface area contributed by atoms with Crippen molar-refractivity contribution in [2.45, 2.75) is 46.0 Å². The van der Waals surface area contributed by atoms with Crippen LogP contribution in [0.4, 0.5) is 0 Å². The largest absolute Gasteiger partial charge is 0.316 e. The highest BCUT2D eigenvalue weighted by Gasteiger charge is 2.27. The van der Waals surface area contributed by atoms with Crippen LogP contribution in [-0.2, 0) is 5.41 Å². The van der Waals surface area contributed by atoms with Crippen molar-refractivity contribution in [3.05, 3.63) is 35.9 Å². The minimum absolute atomic E-state index is 0.165. The summed E-state index contributed by atoms with van der Waals surface area (Å²) in [7, 11) is 2.25. The molecule has 21 heavy (non-hydrogen) atoms. The number of rotatable bonds is 10. The van der Waals surface area contributed by atoms with Crippen LogP contribution < -0.4 is 5.32 Å². The van der Waals surface area contributed by atoms with Crippen molar-refractivity contribution in [3.63, 3.8) is 0 Å². The molecule has 1 aromatic carbocycles. The number of nitrogens with zero attached hydrogens (tertiary/aromatic N) is 1. The van der Waals surface area contributed by atoms with Crippen LogP contribution in [0.15, 0.2) is 30.3 Å².